The van der Waals surface area contributed by atoms with Crippen LogP contribution in [0.1, 0.15) is 46.0 Å². The van der Waals surface area contributed by atoms with Gasteiger partial charge < -0.3 is 10.6 Å². The highest BCUT2D eigenvalue weighted by molar-refractivity contribution is 5.95. The Labute approximate surface area is 150 Å². The Morgan fingerprint density at radius 1 is 1.00 bits per heavy atom. The van der Waals surface area contributed by atoms with Crippen molar-refractivity contribution in [3.63, 3.8) is 0 Å². The number of carbonyl (C=O) groups excluding carboxylic acids is 2. The number of benzene rings is 1. The predicted octanol–water partition coefficient (Wildman–Crippen LogP) is 3.48. The predicted molar refractivity (Wildman–Crippen MR) is 100 cm³/mol. The van der Waals surface area contributed by atoms with Crippen LogP contribution >= 0.6 is 0 Å². The molecule has 5 nitrogen and oxygen atoms in total. The zero-order valence-electron chi connectivity index (χ0n) is 15.3. The number of rotatable bonds is 4. The van der Waals surface area contributed by atoms with E-state index in [9.17, 15) is 9.59 Å². The van der Waals surface area contributed by atoms with E-state index in [0.29, 0.717) is 0 Å². The van der Waals surface area contributed by atoms with Gasteiger partial charge in [0.1, 0.15) is 0 Å². The van der Waals surface area contributed by atoms with Crippen LogP contribution in [0.4, 0.5) is 11.4 Å². The van der Waals surface area contributed by atoms with Crippen molar-refractivity contribution in [3.8, 4) is 0 Å². The number of fused-ring (bicyclic) bond motifs is 1. The number of piperidine rings is 1. The second kappa shape index (κ2) is 8.00. The van der Waals surface area contributed by atoms with Gasteiger partial charge in [0.05, 0.1) is 6.04 Å². The molecule has 0 bridgehead atoms. The van der Waals surface area contributed by atoms with Gasteiger partial charge in [-0.15, -0.1) is 0 Å². The zero-order valence-corrected chi connectivity index (χ0v) is 15.3. The Hall–Kier alpha value is -1.88. The highest BCUT2D eigenvalue weighted by atomic mass is 16.2. The first kappa shape index (κ1) is 17.9. The molecule has 1 aromatic carbocycles. The summed E-state index contributed by atoms with van der Waals surface area (Å²) in [5.74, 6) is 1.59. The summed E-state index contributed by atoms with van der Waals surface area (Å²) >= 11 is 0. The van der Waals surface area contributed by atoms with Crippen molar-refractivity contribution in [3.05, 3.63) is 24.3 Å². The minimum absolute atomic E-state index is 0.0431. The molecular formula is C20H29N3O2. The minimum Gasteiger partial charge on any atom is -0.326 e. The molecule has 0 aromatic heterocycles. The van der Waals surface area contributed by atoms with Crippen LogP contribution in [0.15, 0.2) is 24.3 Å². The van der Waals surface area contributed by atoms with Crippen LogP contribution < -0.4 is 10.6 Å². The third kappa shape index (κ3) is 4.60. The lowest BCUT2D eigenvalue weighted by molar-refractivity contribution is -0.122. The van der Waals surface area contributed by atoms with Gasteiger partial charge in [0.25, 0.3) is 0 Å². The Bertz CT molecular complexity index is 614. The van der Waals surface area contributed by atoms with E-state index in [2.05, 4.69) is 15.5 Å². The number of carbonyl (C=O) groups is 2. The standard InChI is InChI=1S/C20H29N3O2/c1-14(23-12-11-16-5-3-4-6-17(16)13-23)20(25)22-19-9-7-18(8-10-19)21-15(2)24/h7-10,14,16-17H,3-6,11-13H2,1-2H3,(H,21,24)(H,22,25)/t14-,16+,17-/m1/s1. The Kier molecular flexibility index (Phi) is 5.74. The van der Waals surface area contributed by atoms with E-state index < -0.39 is 0 Å². The lowest BCUT2D eigenvalue weighted by atomic mass is 9.75. The minimum atomic E-state index is -0.113. The second-order valence-electron chi connectivity index (χ2n) is 7.51. The van der Waals surface area contributed by atoms with Crippen molar-refractivity contribution in [2.45, 2.75) is 52.0 Å². The van der Waals surface area contributed by atoms with Crippen molar-refractivity contribution in [1.29, 1.82) is 0 Å². The number of hydrogen-bond acceptors (Lipinski definition) is 3. The molecule has 5 heteroatoms. The fraction of sp³-hybridized carbons (Fsp3) is 0.600. The maximum Gasteiger partial charge on any atom is 0.241 e. The number of nitrogens with one attached hydrogen (secondary N) is 2. The van der Waals surface area contributed by atoms with Gasteiger partial charge in [-0.25, -0.2) is 0 Å². The summed E-state index contributed by atoms with van der Waals surface area (Å²) in [5.41, 5.74) is 1.50. The van der Waals surface area contributed by atoms with Crippen LogP contribution in [0, 0.1) is 11.8 Å². The molecule has 2 aliphatic rings. The van der Waals surface area contributed by atoms with Gasteiger partial charge in [-0.2, -0.15) is 0 Å². The highest BCUT2D eigenvalue weighted by Gasteiger charge is 2.34. The second-order valence-corrected chi connectivity index (χ2v) is 7.51. The topological polar surface area (TPSA) is 61.4 Å². The number of anilines is 2. The largest absolute Gasteiger partial charge is 0.326 e. The van der Waals surface area contributed by atoms with Crippen LogP contribution in [-0.2, 0) is 9.59 Å². The van der Waals surface area contributed by atoms with E-state index in [1.165, 1.54) is 39.0 Å². The molecule has 2 fully saturated rings. The van der Waals surface area contributed by atoms with Crippen LogP contribution in [0.25, 0.3) is 0 Å². The molecular weight excluding hydrogens is 314 g/mol. The molecule has 2 N–H and O–H groups in total. The molecule has 1 heterocycles. The molecule has 1 saturated heterocycles. The van der Waals surface area contributed by atoms with E-state index in [4.69, 9.17) is 0 Å². The van der Waals surface area contributed by atoms with Gasteiger partial charge in [0.15, 0.2) is 0 Å². The van der Waals surface area contributed by atoms with Gasteiger partial charge >= 0.3 is 0 Å². The Balaban J connectivity index is 1.54. The van der Waals surface area contributed by atoms with Crippen molar-refractivity contribution in [2.24, 2.45) is 11.8 Å². The van der Waals surface area contributed by atoms with Gasteiger partial charge in [0, 0.05) is 24.8 Å². The quantitative estimate of drug-likeness (QED) is 0.880. The van der Waals surface area contributed by atoms with E-state index in [0.717, 1.165) is 36.3 Å². The fourth-order valence-electron chi connectivity index (χ4n) is 4.23. The maximum atomic E-state index is 12.6. The summed E-state index contributed by atoms with van der Waals surface area (Å²) in [4.78, 5) is 26.0. The van der Waals surface area contributed by atoms with Crippen LogP contribution in [0.5, 0.6) is 0 Å². The Morgan fingerprint density at radius 3 is 2.24 bits per heavy atom. The Morgan fingerprint density at radius 2 is 1.60 bits per heavy atom. The number of amides is 2. The van der Waals surface area contributed by atoms with Gasteiger partial charge in [0.2, 0.25) is 11.8 Å². The average Bonchev–Trinajstić information content (AvgIpc) is 2.62. The number of nitrogens with zero attached hydrogens (tertiary/aromatic N) is 1. The first-order valence-electron chi connectivity index (χ1n) is 9.45. The summed E-state index contributed by atoms with van der Waals surface area (Å²) in [7, 11) is 0. The lowest BCUT2D eigenvalue weighted by Gasteiger charge is -2.43. The smallest absolute Gasteiger partial charge is 0.241 e. The molecule has 1 aliphatic carbocycles. The SMILES string of the molecule is CC(=O)Nc1ccc(NC(=O)[C@@H](C)N2CC[C@@H]3CCCC[C@@H]3C2)cc1. The van der Waals surface area contributed by atoms with E-state index in [-0.39, 0.29) is 17.9 Å². The molecule has 1 aliphatic heterocycles. The molecule has 3 rings (SSSR count). The van der Waals surface area contributed by atoms with Crippen molar-refractivity contribution < 1.29 is 9.59 Å². The lowest BCUT2D eigenvalue weighted by Crippen LogP contribution is -2.49. The maximum absolute atomic E-state index is 12.6. The van der Waals surface area contributed by atoms with Crippen molar-refractivity contribution >= 4 is 23.2 Å². The molecule has 25 heavy (non-hydrogen) atoms. The van der Waals surface area contributed by atoms with Crippen LogP contribution in [0.2, 0.25) is 0 Å². The summed E-state index contributed by atoms with van der Waals surface area (Å²) in [6, 6.07) is 7.13. The van der Waals surface area contributed by atoms with Gasteiger partial charge in [-0.1, -0.05) is 19.3 Å². The van der Waals surface area contributed by atoms with Crippen molar-refractivity contribution in [1.82, 2.24) is 4.90 Å². The summed E-state index contributed by atoms with van der Waals surface area (Å²) in [6.07, 6.45) is 6.65. The van der Waals surface area contributed by atoms with Gasteiger partial charge in [-0.3, -0.25) is 14.5 Å². The summed E-state index contributed by atoms with van der Waals surface area (Å²) < 4.78 is 0. The molecule has 136 valence electrons. The zero-order chi connectivity index (χ0) is 17.8. The molecule has 1 saturated carbocycles. The monoisotopic (exact) mass is 343 g/mol. The summed E-state index contributed by atoms with van der Waals surface area (Å²) in [6.45, 7) is 5.56. The molecule has 2 amide bonds. The number of likely N-dealkylation sites (tertiary alicyclic amines) is 1. The van der Waals surface area contributed by atoms with E-state index in [1.807, 2.05) is 19.1 Å². The first-order valence-corrected chi connectivity index (χ1v) is 9.45. The first-order chi connectivity index (χ1) is 12.0. The number of hydrogen-bond donors (Lipinski definition) is 2. The van der Waals surface area contributed by atoms with Crippen LogP contribution in [-0.4, -0.2) is 35.8 Å². The summed E-state index contributed by atoms with van der Waals surface area (Å²) in [5, 5.41) is 5.72. The fourth-order valence-corrected chi connectivity index (χ4v) is 4.23. The molecule has 3 atom stereocenters. The molecule has 0 unspecified atom stereocenters. The molecule has 0 spiro atoms. The molecule has 0 radical (unpaired) electrons. The van der Waals surface area contributed by atoms with E-state index in [1.54, 1.807) is 12.1 Å². The van der Waals surface area contributed by atoms with Crippen molar-refractivity contribution in [2.75, 3.05) is 23.7 Å². The van der Waals surface area contributed by atoms with Gasteiger partial charge in [-0.05, 0) is 62.4 Å². The van der Waals surface area contributed by atoms with E-state index >= 15 is 0 Å². The normalized spacial score (nSPS) is 24.9. The highest BCUT2D eigenvalue weighted by Crippen LogP contribution is 2.36. The molecule has 1 aromatic rings. The van der Waals surface area contributed by atoms with Crippen LogP contribution in [0.3, 0.4) is 0 Å². The average molecular weight is 343 g/mol. The third-order valence-corrected chi connectivity index (χ3v) is 5.72. The third-order valence-electron chi connectivity index (χ3n) is 5.72.